The van der Waals surface area contributed by atoms with E-state index in [2.05, 4.69) is 198 Å². The SMILES string of the molecule is COc1ccc(N(c2ccccc2)c2ccc(-c3ccc(N(c4ccc(C=Cc5ccc6ccc7cccc8ccc5c6c78)cc4)c4ccc(OC)cc4)cc3)cc2)cc1. The molecule has 0 unspecified atom stereocenters. The van der Waals surface area contributed by atoms with E-state index in [4.69, 9.17) is 9.47 Å². The normalized spacial score (nSPS) is 11.4. The molecule has 0 aliphatic heterocycles. The molecule has 288 valence electrons. The number of nitrogens with zero attached hydrogens (tertiary/aromatic N) is 2. The third-order valence-corrected chi connectivity index (χ3v) is 11.4. The predicted octanol–water partition coefficient (Wildman–Crippen LogP) is 15.4. The monoisotopic (exact) mass is 774 g/mol. The van der Waals surface area contributed by atoms with Crippen LogP contribution in [0.1, 0.15) is 11.1 Å². The topological polar surface area (TPSA) is 24.9 Å². The lowest BCUT2D eigenvalue weighted by atomic mass is 9.92. The number of ether oxygens (including phenoxy) is 2. The first-order valence-electron chi connectivity index (χ1n) is 20.2. The molecule has 0 aliphatic rings. The second-order valence-electron chi connectivity index (χ2n) is 14.9. The number of benzene rings is 10. The van der Waals surface area contributed by atoms with Gasteiger partial charge in [0.2, 0.25) is 0 Å². The van der Waals surface area contributed by atoms with Gasteiger partial charge < -0.3 is 19.3 Å². The summed E-state index contributed by atoms with van der Waals surface area (Å²) in [7, 11) is 3.39. The van der Waals surface area contributed by atoms with Crippen molar-refractivity contribution >= 4 is 78.6 Å². The number of hydrogen-bond donors (Lipinski definition) is 0. The van der Waals surface area contributed by atoms with Crippen molar-refractivity contribution in [1.29, 1.82) is 0 Å². The molecule has 4 nitrogen and oxygen atoms in total. The summed E-state index contributed by atoms with van der Waals surface area (Å²) in [6.07, 6.45) is 4.45. The van der Waals surface area contributed by atoms with Gasteiger partial charge in [-0.3, -0.25) is 0 Å². The minimum absolute atomic E-state index is 0.822. The van der Waals surface area contributed by atoms with Crippen LogP contribution in [0.4, 0.5) is 34.1 Å². The molecule has 4 heteroatoms. The maximum absolute atomic E-state index is 5.51. The van der Waals surface area contributed by atoms with Crippen LogP contribution in [0, 0.1) is 0 Å². The Morgan fingerprint density at radius 3 is 1.25 bits per heavy atom. The van der Waals surface area contributed by atoms with E-state index in [0.717, 1.165) is 62.3 Å². The molecule has 0 radical (unpaired) electrons. The lowest BCUT2D eigenvalue weighted by molar-refractivity contribution is 0.414. The van der Waals surface area contributed by atoms with Crippen molar-refractivity contribution in [3.05, 3.63) is 217 Å². The Kier molecular flexibility index (Phi) is 9.64. The van der Waals surface area contributed by atoms with Crippen LogP contribution >= 0.6 is 0 Å². The molecular weight excluding hydrogens is 733 g/mol. The third kappa shape index (κ3) is 6.95. The molecule has 0 bridgehead atoms. The summed E-state index contributed by atoms with van der Waals surface area (Å²) in [5.74, 6) is 1.65. The van der Waals surface area contributed by atoms with Crippen LogP contribution in [0.2, 0.25) is 0 Å². The second-order valence-corrected chi connectivity index (χ2v) is 14.9. The molecule has 10 aromatic rings. The van der Waals surface area contributed by atoms with Crippen LogP contribution in [0.5, 0.6) is 11.5 Å². The Morgan fingerprint density at radius 2 is 0.750 bits per heavy atom. The van der Waals surface area contributed by atoms with E-state index in [-0.39, 0.29) is 0 Å². The maximum Gasteiger partial charge on any atom is 0.119 e. The van der Waals surface area contributed by atoms with Gasteiger partial charge in [-0.2, -0.15) is 0 Å². The molecule has 0 heterocycles. The van der Waals surface area contributed by atoms with Crippen LogP contribution in [0.25, 0.3) is 55.6 Å². The molecule has 0 aromatic heterocycles. The summed E-state index contributed by atoms with van der Waals surface area (Å²) in [5, 5.41) is 7.79. The molecule has 60 heavy (non-hydrogen) atoms. The van der Waals surface area contributed by atoms with Crippen molar-refractivity contribution < 1.29 is 9.47 Å². The molecule has 10 rings (SSSR count). The van der Waals surface area contributed by atoms with Gasteiger partial charge in [0, 0.05) is 34.1 Å². The van der Waals surface area contributed by atoms with Crippen molar-refractivity contribution in [2.24, 2.45) is 0 Å². The number of methoxy groups -OCH3 is 2. The second kappa shape index (κ2) is 15.8. The van der Waals surface area contributed by atoms with Crippen molar-refractivity contribution in [2.75, 3.05) is 24.0 Å². The first kappa shape index (κ1) is 36.5. The summed E-state index contributed by atoms with van der Waals surface area (Å²) in [5.41, 5.74) is 11.0. The van der Waals surface area contributed by atoms with Crippen molar-refractivity contribution in [3.63, 3.8) is 0 Å². The first-order valence-corrected chi connectivity index (χ1v) is 20.2. The summed E-state index contributed by atoms with van der Waals surface area (Å²) in [6, 6.07) is 73.2. The zero-order valence-corrected chi connectivity index (χ0v) is 33.5. The van der Waals surface area contributed by atoms with Gasteiger partial charge in [0.1, 0.15) is 11.5 Å². The van der Waals surface area contributed by atoms with Gasteiger partial charge in [-0.05, 0) is 152 Å². The fourth-order valence-electron chi connectivity index (χ4n) is 8.36. The van der Waals surface area contributed by atoms with E-state index >= 15 is 0 Å². The summed E-state index contributed by atoms with van der Waals surface area (Å²) >= 11 is 0. The smallest absolute Gasteiger partial charge is 0.119 e. The Morgan fingerprint density at radius 1 is 0.333 bits per heavy atom. The minimum atomic E-state index is 0.822. The van der Waals surface area contributed by atoms with Crippen LogP contribution < -0.4 is 19.3 Å². The molecule has 0 amide bonds. The fraction of sp³-hybridized carbons (Fsp3) is 0.0357. The first-order chi connectivity index (χ1) is 29.6. The van der Waals surface area contributed by atoms with Crippen LogP contribution in [0.15, 0.2) is 206 Å². The van der Waals surface area contributed by atoms with Crippen LogP contribution in [-0.4, -0.2) is 14.2 Å². The van der Waals surface area contributed by atoms with Crippen molar-refractivity contribution in [1.82, 2.24) is 0 Å². The van der Waals surface area contributed by atoms with E-state index in [1.54, 1.807) is 14.2 Å². The molecule has 0 spiro atoms. The van der Waals surface area contributed by atoms with Crippen molar-refractivity contribution in [2.45, 2.75) is 0 Å². The highest BCUT2D eigenvalue weighted by Gasteiger charge is 2.16. The number of anilines is 6. The predicted molar refractivity (Wildman–Crippen MR) is 253 cm³/mol. The molecule has 0 atom stereocenters. The average molecular weight is 775 g/mol. The average Bonchev–Trinajstić information content (AvgIpc) is 3.32. The van der Waals surface area contributed by atoms with E-state index in [1.807, 2.05) is 30.3 Å². The summed E-state index contributed by atoms with van der Waals surface area (Å²) < 4.78 is 10.9. The van der Waals surface area contributed by atoms with Gasteiger partial charge in [0.05, 0.1) is 14.2 Å². The Bertz CT molecular complexity index is 3050. The Labute approximate surface area is 350 Å². The highest BCUT2D eigenvalue weighted by Crippen LogP contribution is 2.40. The van der Waals surface area contributed by atoms with E-state index in [9.17, 15) is 0 Å². The van der Waals surface area contributed by atoms with E-state index < -0.39 is 0 Å². The summed E-state index contributed by atoms with van der Waals surface area (Å²) in [6.45, 7) is 0. The van der Waals surface area contributed by atoms with Gasteiger partial charge in [-0.15, -0.1) is 0 Å². The number of para-hydroxylation sites is 1. The van der Waals surface area contributed by atoms with E-state index in [1.165, 1.54) is 37.9 Å². The number of rotatable bonds is 11. The quantitative estimate of drug-likeness (QED) is 0.0965. The summed E-state index contributed by atoms with van der Waals surface area (Å²) in [4.78, 5) is 4.54. The zero-order chi connectivity index (χ0) is 40.4. The highest BCUT2D eigenvalue weighted by atomic mass is 16.5. The standard InChI is InChI=1S/C56H42N2O2/c1-59-52-34-30-50(31-35-52)57(46-9-4-3-5-10-46)48-26-19-40(20-27-48)41-21-28-49(29-22-41)58(51-32-36-53(60-2)37-33-51)47-24-12-39(13-25-47)11-14-42-15-16-45-18-17-43-7-6-8-44-23-38-54(42)56(45)55(43)44/h3-38H,1-2H3. The molecule has 0 saturated carbocycles. The van der Waals surface area contributed by atoms with Gasteiger partial charge in [-0.25, -0.2) is 0 Å². The van der Waals surface area contributed by atoms with Gasteiger partial charge in [0.25, 0.3) is 0 Å². The largest absolute Gasteiger partial charge is 0.497 e. The van der Waals surface area contributed by atoms with Crippen LogP contribution in [-0.2, 0) is 0 Å². The minimum Gasteiger partial charge on any atom is -0.497 e. The lowest BCUT2D eigenvalue weighted by Gasteiger charge is -2.26. The molecule has 0 fully saturated rings. The van der Waals surface area contributed by atoms with Gasteiger partial charge in [0.15, 0.2) is 0 Å². The van der Waals surface area contributed by atoms with Gasteiger partial charge in [-0.1, -0.05) is 121 Å². The van der Waals surface area contributed by atoms with Gasteiger partial charge >= 0.3 is 0 Å². The number of hydrogen-bond acceptors (Lipinski definition) is 4. The highest BCUT2D eigenvalue weighted by molar-refractivity contribution is 6.24. The molecule has 0 saturated heterocycles. The van der Waals surface area contributed by atoms with E-state index in [0.29, 0.717) is 0 Å². The molecule has 10 aromatic carbocycles. The lowest BCUT2D eigenvalue weighted by Crippen LogP contribution is -2.10. The molecule has 0 aliphatic carbocycles. The van der Waals surface area contributed by atoms with Crippen molar-refractivity contribution in [3.8, 4) is 22.6 Å². The fourth-order valence-corrected chi connectivity index (χ4v) is 8.36. The zero-order valence-electron chi connectivity index (χ0n) is 33.5. The maximum atomic E-state index is 5.51. The molecular formula is C56H42N2O2. The van der Waals surface area contributed by atoms with Crippen LogP contribution in [0.3, 0.4) is 0 Å². The Hall–Kier alpha value is -7.82. The third-order valence-electron chi connectivity index (χ3n) is 11.4. The Balaban J connectivity index is 0.933. The molecule has 0 N–H and O–H groups in total.